The SMILES string of the molecule is Cc1nc(C)c(C(=O)C2=C(O)C(=O)N(CC[NH+](C)C)[C@H]2c2cccnc2)s1. The van der Waals surface area contributed by atoms with E-state index in [2.05, 4.69) is 9.97 Å². The van der Waals surface area contributed by atoms with Crippen LogP contribution in [0.1, 0.15) is 32.0 Å². The second kappa shape index (κ2) is 7.58. The molecule has 0 aromatic carbocycles. The number of Topliss-reactive ketones (excluding diaryl/α,β-unsaturated/α-hetero) is 1. The molecule has 0 saturated carbocycles. The zero-order chi connectivity index (χ0) is 19.7. The normalized spacial score (nSPS) is 17.3. The number of carbonyl (C=O) groups excluding carboxylic acids is 2. The van der Waals surface area contributed by atoms with Gasteiger partial charge in [0.25, 0.3) is 5.91 Å². The molecule has 3 rings (SSSR count). The molecule has 3 heterocycles. The maximum absolute atomic E-state index is 13.3. The summed E-state index contributed by atoms with van der Waals surface area (Å²) in [5.41, 5.74) is 1.41. The van der Waals surface area contributed by atoms with E-state index in [1.54, 1.807) is 30.3 Å². The molecule has 1 atom stereocenters. The highest BCUT2D eigenvalue weighted by Gasteiger charge is 2.44. The van der Waals surface area contributed by atoms with Gasteiger partial charge in [0.05, 0.1) is 54.4 Å². The van der Waals surface area contributed by atoms with Crippen LogP contribution in [0.5, 0.6) is 0 Å². The number of likely N-dealkylation sites (N-methyl/N-ethyl adjacent to an activating group) is 1. The highest BCUT2D eigenvalue weighted by Crippen LogP contribution is 2.39. The molecule has 0 unspecified atom stereocenters. The van der Waals surface area contributed by atoms with Gasteiger partial charge in [-0.1, -0.05) is 6.07 Å². The Balaban J connectivity index is 2.07. The van der Waals surface area contributed by atoms with Gasteiger partial charge in [-0.05, 0) is 25.5 Å². The van der Waals surface area contributed by atoms with E-state index in [1.807, 2.05) is 27.1 Å². The molecule has 0 aliphatic carbocycles. The standard InChI is InChI=1S/C19H22N4O3S/c1-11-18(27-12(2)21-11)16(24)14-15(13-6-5-7-20-10-13)23(9-8-22(3)4)19(26)17(14)25/h5-7,10,15,25H,8-9H2,1-4H3/p+1/t15-/m0/s1. The van der Waals surface area contributed by atoms with Crippen LogP contribution in [0, 0.1) is 13.8 Å². The molecule has 0 bridgehead atoms. The Morgan fingerprint density at radius 2 is 2.11 bits per heavy atom. The minimum atomic E-state index is -0.653. The summed E-state index contributed by atoms with van der Waals surface area (Å²) in [6, 6.07) is 2.92. The van der Waals surface area contributed by atoms with Gasteiger partial charge in [-0.2, -0.15) is 0 Å². The van der Waals surface area contributed by atoms with E-state index < -0.39 is 17.7 Å². The van der Waals surface area contributed by atoms with Gasteiger partial charge in [0.15, 0.2) is 5.76 Å². The lowest BCUT2D eigenvalue weighted by Gasteiger charge is -2.26. The number of hydrogen-bond donors (Lipinski definition) is 2. The first-order valence-electron chi connectivity index (χ1n) is 8.73. The predicted molar refractivity (Wildman–Crippen MR) is 102 cm³/mol. The highest BCUT2D eigenvalue weighted by molar-refractivity contribution is 7.14. The van der Waals surface area contributed by atoms with E-state index in [1.165, 1.54) is 16.2 Å². The Labute approximate surface area is 162 Å². The van der Waals surface area contributed by atoms with Crippen molar-refractivity contribution in [2.45, 2.75) is 19.9 Å². The second-order valence-corrected chi connectivity index (χ2v) is 8.09. The maximum Gasteiger partial charge on any atom is 0.290 e. The number of aliphatic hydroxyl groups is 1. The molecule has 2 aromatic heterocycles. The van der Waals surface area contributed by atoms with Gasteiger partial charge in [-0.15, -0.1) is 11.3 Å². The van der Waals surface area contributed by atoms with E-state index in [4.69, 9.17) is 0 Å². The first-order chi connectivity index (χ1) is 12.8. The zero-order valence-electron chi connectivity index (χ0n) is 15.8. The van der Waals surface area contributed by atoms with Crippen LogP contribution in [0.4, 0.5) is 0 Å². The summed E-state index contributed by atoms with van der Waals surface area (Å²) in [6.45, 7) is 4.70. The van der Waals surface area contributed by atoms with Crippen molar-refractivity contribution < 1.29 is 19.6 Å². The summed E-state index contributed by atoms with van der Waals surface area (Å²) in [6.07, 6.45) is 3.26. The van der Waals surface area contributed by atoms with Crippen LogP contribution < -0.4 is 4.90 Å². The molecule has 2 N–H and O–H groups in total. The number of ketones is 1. The largest absolute Gasteiger partial charge is 0.503 e. The fraction of sp³-hybridized carbons (Fsp3) is 0.368. The molecule has 27 heavy (non-hydrogen) atoms. The Morgan fingerprint density at radius 3 is 2.67 bits per heavy atom. The minimum absolute atomic E-state index is 0.105. The first kappa shape index (κ1) is 19.2. The number of aromatic nitrogens is 2. The molecule has 1 amide bonds. The number of rotatable bonds is 6. The lowest BCUT2D eigenvalue weighted by atomic mass is 9.96. The van der Waals surface area contributed by atoms with Crippen LogP contribution in [0.2, 0.25) is 0 Å². The number of quaternary nitrogens is 1. The molecule has 1 aliphatic heterocycles. The number of thiazole rings is 1. The van der Waals surface area contributed by atoms with Crippen LogP contribution in [-0.2, 0) is 4.79 Å². The number of nitrogens with one attached hydrogen (secondary N) is 1. The summed E-state index contributed by atoms with van der Waals surface area (Å²) in [7, 11) is 3.98. The van der Waals surface area contributed by atoms with Crippen molar-refractivity contribution in [3.05, 3.63) is 57.0 Å². The molecule has 8 heteroatoms. The first-order valence-corrected chi connectivity index (χ1v) is 9.54. The summed E-state index contributed by atoms with van der Waals surface area (Å²) in [5, 5.41) is 11.3. The smallest absolute Gasteiger partial charge is 0.290 e. The van der Waals surface area contributed by atoms with Crippen molar-refractivity contribution in [3.63, 3.8) is 0 Å². The molecule has 7 nitrogen and oxygen atoms in total. The second-order valence-electron chi connectivity index (χ2n) is 6.88. The molecule has 0 radical (unpaired) electrons. The Kier molecular flexibility index (Phi) is 5.38. The fourth-order valence-electron chi connectivity index (χ4n) is 3.21. The zero-order valence-corrected chi connectivity index (χ0v) is 16.6. The number of pyridine rings is 1. The summed E-state index contributed by atoms with van der Waals surface area (Å²) in [4.78, 5) is 37.6. The number of aryl methyl sites for hydroxylation is 2. The number of hydrogen-bond acceptors (Lipinski definition) is 6. The third kappa shape index (κ3) is 3.63. The monoisotopic (exact) mass is 387 g/mol. The number of aliphatic hydroxyl groups excluding tert-OH is 1. The predicted octanol–water partition coefficient (Wildman–Crippen LogP) is 0.878. The topological polar surface area (TPSA) is 87.8 Å². The number of amides is 1. The van der Waals surface area contributed by atoms with Gasteiger partial charge >= 0.3 is 0 Å². The average molecular weight is 387 g/mol. The molecule has 1 aliphatic rings. The van der Waals surface area contributed by atoms with Gasteiger partial charge in [-0.3, -0.25) is 14.6 Å². The van der Waals surface area contributed by atoms with E-state index in [0.29, 0.717) is 29.2 Å². The lowest BCUT2D eigenvalue weighted by molar-refractivity contribution is -0.857. The van der Waals surface area contributed by atoms with Crippen LogP contribution >= 0.6 is 11.3 Å². The van der Waals surface area contributed by atoms with E-state index in [-0.39, 0.29) is 11.4 Å². The minimum Gasteiger partial charge on any atom is -0.503 e. The van der Waals surface area contributed by atoms with Gasteiger partial charge < -0.3 is 14.9 Å². The molecular formula is C19H23N4O3S+. The van der Waals surface area contributed by atoms with E-state index >= 15 is 0 Å². The lowest BCUT2D eigenvalue weighted by Crippen LogP contribution is -3.06. The third-order valence-corrected chi connectivity index (χ3v) is 5.58. The Morgan fingerprint density at radius 1 is 1.37 bits per heavy atom. The maximum atomic E-state index is 13.3. The van der Waals surface area contributed by atoms with Gasteiger partial charge in [0, 0.05) is 12.4 Å². The van der Waals surface area contributed by atoms with Crippen molar-refractivity contribution in [3.8, 4) is 0 Å². The van der Waals surface area contributed by atoms with Crippen molar-refractivity contribution in [2.75, 3.05) is 27.2 Å². The van der Waals surface area contributed by atoms with Crippen molar-refractivity contribution in [1.29, 1.82) is 0 Å². The molecule has 0 spiro atoms. The summed E-state index contributed by atoms with van der Waals surface area (Å²) in [5.74, 6) is -1.35. The summed E-state index contributed by atoms with van der Waals surface area (Å²) >= 11 is 1.27. The van der Waals surface area contributed by atoms with Gasteiger partial charge in [-0.25, -0.2) is 4.98 Å². The highest BCUT2D eigenvalue weighted by atomic mass is 32.1. The fourth-order valence-corrected chi connectivity index (χ4v) is 4.08. The third-order valence-electron chi connectivity index (χ3n) is 4.51. The van der Waals surface area contributed by atoms with Gasteiger partial charge in [0.2, 0.25) is 5.78 Å². The van der Waals surface area contributed by atoms with Gasteiger partial charge in [0.1, 0.15) is 0 Å². The Bertz CT molecular complexity index is 905. The average Bonchev–Trinajstić information content (AvgIpc) is 3.10. The van der Waals surface area contributed by atoms with Crippen molar-refractivity contribution in [2.24, 2.45) is 0 Å². The molecule has 0 fully saturated rings. The van der Waals surface area contributed by atoms with E-state index in [0.717, 1.165) is 5.01 Å². The number of carbonyl (C=O) groups is 2. The van der Waals surface area contributed by atoms with Crippen LogP contribution in [-0.4, -0.2) is 58.8 Å². The van der Waals surface area contributed by atoms with Crippen LogP contribution in [0.3, 0.4) is 0 Å². The van der Waals surface area contributed by atoms with Crippen molar-refractivity contribution in [1.82, 2.24) is 14.9 Å². The van der Waals surface area contributed by atoms with Crippen LogP contribution in [0.15, 0.2) is 35.9 Å². The van der Waals surface area contributed by atoms with Crippen molar-refractivity contribution >= 4 is 23.0 Å². The van der Waals surface area contributed by atoms with Crippen LogP contribution in [0.25, 0.3) is 0 Å². The molecule has 2 aromatic rings. The number of nitrogens with zero attached hydrogens (tertiary/aromatic N) is 3. The molecule has 0 saturated heterocycles. The Hall–Kier alpha value is -2.58. The summed E-state index contributed by atoms with van der Waals surface area (Å²) < 4.78 is 0. The quantitative estimate of drug-likeness (QED) is 0.719. The molecule has 142 valence electrons. The molecular weight excluding hydrogens is 364 g/mol. The van der Waals surface area contributed by atoms with E-state index in [9.17, 15) is 14.7 Å².